The molecule has 0 unspecified atom stereocenters. The van der Waals surface area contributed by atoms with E-state index in [1.54, 1.807) is 24.3 Å². The van der Waals surface area contributed by atoms with Gasteiger partial charge in [-0.2, -0.15) is 4.31 Å². The van der Waals surface area contributed by atoms with Gasteiger partial charge in [0.25, 0.3) is 0 Å². The molecule has 1 aliphatic heterocycles. The molecule has 1 aromatic rings. The molecular formula is C22H30N2O3S. The standard InChI is InChI=1S/C22H30N2O3S/c25-21(23-22-13-16-10-17(14-22)12-18(11-16)15-22)19-6-8-24(9-7-19)28(26,27)20-4-2-1-3-5-20/h1-5,16-19H,6-15H2,(H,23,25). The molecule has 0 atom stereocenters. The smallest absolute Gasteiger partial charge is 0.243 e. The van der Waals surface area contributed by atoms with E-state index in [2.05, 4.69) is 5.32 Å². The van der Waals surface area contributed by atoms with E-state index in [1.807, 2.05) is 6.07 Å². The van der Waals surface area contributed by atoms with Gasteiger partial charge in [0, 0.05) is 24.5 Å². The lowest BCUT2D eigenvalue weighted by Crippen LogP contribution is -2.61. The molecule has 1 saturated heterocycles. The first-order chi connectivity index (χ1) is 13.4. The average molecular weight is 403 g/mol. The highest BCUT2D eigenvalue weighted by Crippen LogP contribution is 2.55. The molecule has 1 amide bonds. The Labute approximate surface area is 167 Å². The normalized spacial score (nSPS) is 35.8. The first kappa shape index (κ1) is 18.6. The number of carbonyl (C=O) groups is 1. The lowest BCUT2D eigenvalue weighted by molar-refractivity contribution is -0.132. The van der Waals surface area contributed by atoms with Gasteiger partial charge in [0.1, 0.15) is 0 Å². The molecule has 6 heteroatoms. The molecule has 28 heavy (non-hydrogen) atoms. The Morgan fingerprint density at radius 3 is 2.00 bits per heavy atom. The first-order valence-corrected chi connectivity index (χ1v) is 12.2. The second kappa shape index (κ2) is 6.84. The summed E-state index contributed by atoms with van der Waals surface area (Å²) >= 11 is 0. The van der Waals surface area contributed by atoms with Gasteiger partial charge in [0.15, 0.2) is 0 Å². The largest absolute Gasteiger partial charge is 0.350 e. The van der Waals surface area contributed by atoms with Crippen LogP contribution in [0.15, 0.2) is 35.2 Å². The summed E-state index contributed by atoms with van der Waals surface area (Å²) in [5, 5.41) is 3.47. The number of rotatable bonds is 4. The monoisotopic (exact) mass is 402 g/mol. The van der Waals surface area contributed by atoms with E-state index in [0.29, 0.717) is 30.8 Å². The Bertz CT molecular complexity index is 809. The summed E-state index contributed by atoms with van der Waals surface area (Å²) < 4.78 is 27.1. The second-order valence-electron chi connectivity index (χ2n) is 9.68. The van der Waals surface area contributed by atoms with Gasteiger partial charge in [-0.15, -0.1) is 0 Å². The van der Waals surface area contributed by atoms with E-state index in [0.717, 1.165) is 37.0 Å². The van der Waals surface area contributed by atoms with Crippen molar-refractivity contribution in [3.63, 3.8) is 0 Å². The summed E-state index contributed by atoms with van der Waals surface area (Å²) in [7, 11) is -3.45. The topological polar surface area (TPSA) is 66.5 Å². The van der Waals surface area contributed by atoms with Crippen molar-refractivity contribution in [1.29, 1.82) is 0 Å². The predicted molar refractivity (Wildman–Crippen MR) is 107 cm³/mol. The summed E-state index contributed by atoms with van der Waals surface area (Å²) in [6.45, 7) is 0.854. The van der Waals surface area contributed by atoms with Crippen LogP contribution in [0.2, 0.25) is 0 Å². The quantitative estimate of drug-likeness (QED) is 0.841. The molecule has 5 nitrogen and oxygen atoms in total. The van der Waals surface area contributed by atoms with Crippen LogP contribution >= 0.6 is 0 Å². The molecule has 0 radical (unpaired) electrons. The summed E-state index contributed by atoms with van der Waals surface area (Å²) in [5.41, 5.74) is 0.0408. The number of nitrogens with one attached hydrogen (secondary N) is 1. The third-order valence-electron chi connectivity index (χ3n) is 7.63. The van der Waals surface area contributed by atoms with Gasteiger partial charge in [0.05, 0.1) is 4.90 Å². The minimum Gasteiger partial charge on any atom is -0.350 e. The highest BCUT2D eigenvalue weighted by Gasteiger charge is 2.52. The summed E-state index contributed by atoms with van der Waals surface area (Å²) in [5.74, 6) is 2.53. The SMILES string of the molecule is O=C(NC12CC3CC(CC(C3)C1)C2)C1CCN(S(=O)(=O)c2ccccc2)CC1. The minimum atomic E-state index is -3.45. The Balaban J connectivity index is 1.21. The van der Waals surface area contributed by atoms with Crippen LogP contribution < -0.4 is 5.32 Å². The number of amides is 1. The van der Waals surface area contributed by atoms with Crippen LogP contribution in [-0.4, -0.2) is 37.3 Å². The third-order valence-corrected chi connectivity index (χ3v) is 9.55. The van der Waals surface area contributed by atoms with Crippen LogP contribution in [0, 0.1) is 23.7 Å². The maximum absolute atomic E-state index is 13.0. The molecule has 1 aromatic carbocycles. The number of nitrogens with zero attached hydrogens (tertiary/aromatic N) is 1. The minimum absolute atomic E-state index is 0.0408. The lowest BCUT2D eigenvalue weighted by Gasteiger charge is -2.57. The molecule has 6 rings (SSSR count). The summed E-state index contributed by atoms with van der Waals surface area (Å²) in [6, 6.07) is 8.60. The Hall–Kier alpha value is -1.40. The Morgan fingerprint density at radius 1 is 0.929 bits per heavy atom. The van der Waals surface area contributed by atoms with Crippen LogP contribution in [0.25, 0.3) is 0 Å². The van der Waals surface area contributed by atoms with Crippen molar-refractivity contribution in [2.75, 3.05) is 13.1 Å². The van der Waals surface area contributed by atoms with Crippen molar-refractivity contribution in [1.82, 2.24) is 9.62 Å². The van der Waals surface area contributed by atoms with E-state index >= 15 is 0 Å². The van der Waals surface area contributed by atoms with Gasteiger partial charge >= 0.3 is 0 Å². The number of carbonyl (C=O) groups excluding carboxylic acids is 1. The van der Waals surface area contributed by atoms with Crippen molar-refractivity contribution < 1.29 is 13.2 Å². The van der Waals surface area contributed by atoms with Gasteiger partial charge in [-0.1, -0.05) is 18.2 Å². The summed E-state index contributed by atoms with van der Waals surface area (Å²) in [4.78, 5) is 13.4. The second-order valence-corrected chi connectivity index (χ2v) is 11.6. The first-order valence-electron chi connectivity index (χ1n) is 10.8. The van der Waals surface area contributed by atoms with E-state index in [-0.39, 0.29) is 17.4 Å². The molecule has 5 aliphatic rings. The van der Waals surface area contributed by atoms with Crippen molar-refractivity contribution in [3.05, 3.63) is 30.3 Å². The molecule has 1 N–H and O–H groups in total. The number of sulfonamides is 1. The molecule has 4 saturated carbocycles. The average Bonchev–Trinajstić information content (AvgIpc) is 2.67. The number of hydrogen-bond donors (Lipinski definition) is 1. The highest BCUT2D eigenvalue weighted by molar-refractivity contribution is 7.89. The Morgan fingerprint density at radius 2 is 1.46 bits per heavy atom. The van der Waals surface area contributed by atoms with Crippen LogP contribution in [0.3, 0.4) is 0 Å². The van der Waals surface area contributed by atoms with Gasteiger partial charge in [-0.25, -0.2) is 8.42 Å². The fourth-order valence-corrected chi connectivity index (χ4v) is 8.22. The number of benzene rings is 1. The zero-order valence-electron chi connectivity index (χ0n) is 16.3. The lowest BCUT2D eigenvalue weighted by atomic mass is 9.53. The van der Waals surface area contributed by atoms with Crippen LogP contribution in [0.5, 0.6) is 0 Å². The molecule has 4 aliphatic carbocycles. The van der Waals surface area contributed by atoms with E-state index < -0.39 is 10.0 Å². The molecule has 1 heterocycles. The molecule has 4 bridgehead atoms. The van der Waals surface area contributed by atoms with E-state index in [1.165, 1.54) is 23.6 Å². The van der Waals surface area contributed by atoms with E-state index in [4.69, 9.17) is 0 Å². The molecule has 0 aromatic heterocycles. The van der Waals surface area contributed by atoms with Gasteiger partial charge in [0.2, 0.25) is 15.9 Å². The molecule has 5 fully saturated rings. The fourth-order valence-electron chi connectivity index (χ4n) is 6.73. The van der Waals surface area contributed by atoms with Gasteiger partial charge in [-0.05, 0) is 81.3 Å². The van der Waals surface area contributed by atoms with Crippen molar-refractivity contribution in [2.24, 2.45) is 23.7 Å². The zero-order valence-corrected chi connectivity index (χ0v) is 17.2. The van der Waals surface area contributed by atoms with Crippen molar-refractivity contribution in [3.8, 4) is 0 Å². The molecular weight excluding hydrogens is 372 g/mol. The maximum Gasteiger partial charge on any atom is 0.243 e. The number of hydrogen-bond acceptors (Lipinski definition) is 3. The van der Waals surface area contributed by atoms with Crippen LogP contribution in [0.1, 0.15) is 51.4 Å². The fraction of sp³-hybridized carbons (Fsp3) is 0.682. The number of piperidine rings is 1. The molecule has 152 valence electrons. The van der Waals surface area contributed by atoms with E-state index in [9.17, 15) is 13.2 Å². The maximum atomic E-state index is 13.0. The van der Waals surface area contributed by atoms with Gasteiger partial charge in [-0.3, -0.25) is 4.79 Å². The van der Waals surface area contributed by atoms with Crippen LogP contribution in [-0.2, 0) is 14.8 Å². The zero-order chi connectivity index (χ0) is 19.4. The Kier molecular flexibility index (Phi) is 4.55. The third kappa shape index (κ3) is 3.28. The molecule has 0 spiro atoms. The summed E-state index contributed by atoms with van der Waals surface area (Å²) in [6.07, 6.45) is 8.80. The van der Waals surface area contributed by atoms with Gasteiger partial charge < -0.3 is 5.32 Å². The van der Waals surface area contributed by atoms with Crippen LogP contribution in [0.4, 0.5) is 0 Å². The van der Waals surface area contributed by atoms with Crippen molar-refractivity contribution >= 4 is 15.9 Å². The highest BCUT2D eigenvalue weighted by atomic mass is 32.2. The predicted octanol–water partition coefficient (Wildman–Crippen LogP) is 3.17. The van der Waals surface area contributed by atoms with Crippen molar-refractivity contribution in [2.45, 2.75) is 61.8 Å².